The van der Waals surface area contributed by atoms with Crippen LogP contribution in [0.2, 0.25) is 0 Å². The molecule has 5 heteroatoms. The Bertz CT molecular complexity index is 669. The second-order valence-corrected chi connectivity index (χ2v) is 6.50. The number of aryl methyl sites for hydroxylation is 2. The summed E-state index contributed by atoms with van der Waals surface area (Å²) >= 11 is 0. The number of amides is 1. The van der Waals surface area contributed by atoms with E-state index in [1.807, 2.05) is 18.2 Å². The summed E-state index contributed by atoms with van der Waals surface area (Å²) < 4.78 is 4.80. The zero-order valence-corrected chi connectivity index (χ0v) is 16.9. The normalized spacial score (nSPS) is 13.4. The van der Waals surface area contributed by atoms with Gasteiger partial charge in [-0.15, -0.1) is 0 Å². The van der Waals surface area contributed by atoms with Crippen molar-refractivity contribution in [2.75, 3.05) is 19.5 Å². The molecule has 3 rings (SSSR count). The molecule has 1 aliphatic carbocycles. The van der Waals surface area contributed by atoms with Crippen LogP contribution < -0.4 is 10.1 Å². The third-order valence-corrected chi connectivity index (χ3v) is 4.60. The van der Waals surface area contributed by atoms with Gasteiger partial charge in [0.2, 0.25) is 11.8 Å². The van der Waals surface area contributed by atoms with Crippen LogP contribution in [-0.4, -0.2) is 30.2 Å². The van der Waals surface area contributed by atoms with Crippen molar-refractivity contribution in [3.8, 4) is 5.88 Å². The number of hydrogen-bond donors (Lipinski definition) is 2. The molecule has 1 saturated carbocycles. The second kappa shape index (κ2) is 12.9. The first kappa shape index (κ1) is 22.6. The molecule has 2 aromatic rings. The highest BCUT2D eigenvalue weighted by Gasteiger charge is 2.20. The molecule has 0 unspecified atom stereocenters. The molecule has 1 heterocycles. The van der Waals surface area contributed by atoms with Gasteiger partial charge in [0.1, 0.15) is 0 Å². The van der Waals surface area contributed by atoms with Crippen LogP contribution in [-0.2, 0) is 4.79 Å². The van der Waals surface area contributed by atoms with Crippen molar-refractivity contribution < 1.29 is 14.6 Å². The van der Waals surface area contributed by atoms with E-state index in [2.05, 4.69) is 36.3 Å². The van der Waals surface area contributed by atoms with E-state index in [0.717, 1.165) is 25.6 Å². The fourth-order valence-electron chi connectivity index (χ4n) is 2.90. The molecule has 1 aromatic heterocycles. The van der Waals surface area contributed by atoms with Gasteiger partial charge in [-0.25, -0.2) is 4.98 Å². The van der Waals surface area contributed by atoms with Crippen LogP contribution >= 0.6 is 0 Å². The summed E-state index contributed by atoms with van der Waals surface area (Å²) in [6, 6.07) is 11.6. The van der Waals surface area contributed by atoms with Gasteiger partial charge in [-0.05, 0) is 56.0 Å². The summed E-state index contributed by atoms with van der Waals surface area (Å²) in [4.78, 5) is 15.9. The van der Waals surface area contributed by atoms with Gasteiger partial charge >= 0.3 is 0 Å². The predicted molar refractivity (Wildman–Crippen MR) is 110 cm³/mol. The van der Waals surface area contributed by atoms with Crippen molar-refractivity contribution in [2.45, 2.75) is 46.0 Å². The minimum absolute atomic E-state index is 0.202. The maximum atomic E-state index is 12.1. The molecule has 1 aliphatic rings. The zero-order chi connectivity index (χ0) is 20.1. The molecule has 0 saturated heterocycles. The fraction of sp³-hybridized carbons (Fsp3) is 0.455. The monoisotopic (exact) mass is 372 g/mol. The number of aliphatic hydroxyl groups excluding tert-OH is 1. The molecule has 148 valence electrons. The van der Waals surface area contributed by atoms with Crippen molar-refractivity contribution in [1.29, 1.82) is 0 Å². The van der Waals surface area contributed by atoms with E-state index in [-0.39, 0.29) is 11.8 Å². The third-order valence-electron chi connectivity index (χ3n) is 4.60. The number of hydrogen-bond acceptors (Lipinski definition) is 4. The minimum Gasteiger partial charge on any atom is -0.481 e. The summed E-state index contributed by atoms with van der Waals surface area (Å²) in [7, 11) is 2.60. The van der Waals surface area contributed by atoms with Gasteiger partial charge in [0.15, 0.2) is 0 Å². The van der Waals surface area contributed by atoms with E-state index in [1.54, 1.807) is 19.4 Å². The summed E-state index contributed by atoms with van der Waals surface area (Å²) in [5.74, 6) is 1.09. The Morgan fingerprint density at radius 1 is 1.07 bits per heavy atom. The van der Waals surface area contributed by atoms with Crippen molar-refractivity contribution >= 4 is 11.6 Å². The third kappa shape index (κ3) is 8.22. The molecule has 0 bridgehead atoms. The highest BCUT2D eigenvalue weighted by atomic mass is 16.5. The van der Waals surface area contributed by atoms with Crippen molar-refractivity contribution in [3.05, 3.63) is 53.7 Å². The molecule has 1 aromatic carbocycles. The Morgan fingerprint density at radius 2 is 1.78 bits per heavy atom. The van der Waals surface area contributed by atoms with E-state index in [4.69, 9.17) is 9.84 Å². The molecule has 5 nitrogen and oxygen atoms in total. The number of pyridine rings is 1. The van der Waals surface area contributed by atoms with E-state index in [1.165, 1.54) is 30.4 Å². The van der Waals surface area contributed by atoms with Crippen molar-refractivity contribution in [1.82, 2.24) is 4.98 Å². The summed E-state index contributed by atoms with van der Waals surface area (Å²) in [6.07, 6.45) is 7.48. The molecule has 0 aliphatic heterocycles. The molecule has 0 spiro atoms. The number of methoxy groups -OCH3 is 1. The lowest BCUT2D eigenvalue weighted by molar-refractivity contribution is -0.120. The van der Waals surface area contributed by atoms with E-state index in [9.17, 15) is 4.79 Å². The van der Waals surface area contributed by atoms with Gasteiger partial charge in [-0.2, -0.15) is 0 Å². The number of aliphatic hydroxyl groups is 1. The number of ether oxygens (including phenoxy) is 1. The number of carbonyl (C=O) groups excluding carboxylic acids is 1. The lowest BCUT2D eigenvalue weighted by Gasteiger charge is -2.20. The van der Waals surface area contributed by atoms with Crippen LogP contribution in [0.4, 0.5) is 5.69 Å². The van der Waals surface area contributed by atoms with Crippen molar-refractivity contribution in [2.24, 2.45) is 5.92 Å². The van der Waals surface area contributed by atoms with E-state index < -0.39 is 0 Å². The quantitative estimate of drug-likeness (QED) is 0.831. The highest BCUT2D eigenvalue weighted by molar-refractivity contribution is 5.92. The number of anilines is 1. The zero-order valence-electron chi connectivity index (χ0n) is 16.9. The number of carbonyl (C=O) groups is 1. The summed E-state index contributed by atoms with van der Waals surface area (Å²) in [5.41, 5.74) is 3.43. The van der Waals surface area contributed by atoms with Gasteiger partial charge in [-0.1, -0.05) is 31.4 Å². The number of rotatable bonds is 3. The van der Waals surface area contributed by atoms with Crippen LogP contribution in [0.25, 0.3) is 0 Å². The Hall–Kier alpha value is -2.40. The van der Waals surface area contributed by atoms with Crippen LogP contribution in [0, 0.1) is 19.8 Å². The molecule has 1 amide bonds. The second-order valence-electron chi connectivity index (χ2n) is 6.50. The fourth-order valence-corrected chi connectivity index (χ4v) is 2.90. The smallest absolute Gasteiger partial charge is 0.227 e. The van der Waals surface area contributed by atoms with E-state index >= 15 is 0 Å². The van der Waals surface area contributed by atoms with Crippen LogP contribution in [0.5, 0.6) is 5.88 Å². The first-order chi connectivity index (χ1) is 13.1. The van der Waals surface area contributed by atoms with Crippen LogP contribution in [0.3, 0.4) is 0 Å². The molecular weight excluding hydrogens is 340 g/mol. The van der Waals surface area contributed by atoms with Gasteiger partial charge in [0.05, 0.1) is 7.11 Å². The molecule has 1 fully saturated rings. The Balaban J connectivity index is 0.000000305. The highest BCUT2D eigenvalue weighted by Crippen LogP contribution is 2.25. The Kier molecular flexibility index (Phi) is 10.8. The van der Waals surface area contributed by atoms with E-state index in [0.29, 0.717) is 5.88 Å². The Labute approximate surface area is 162 Å². The largest absolute Gasteiger partial charge is 0.481 e. The SMILES string of the molecule is CO.COc1ccccn1.Cc1ccc(NC(=O)C2CCCCC2)cc1C. The molecular formula is C22H32N2O3. The molecule has 27 heavy (non-hydrogen) atoms. The minimum atomic E-state index is 0.202. The van der Waals surface area contributed by atoms with Gasteiger partial charge in [-0.3, -0.25) is 4.79 Å². The summed E-state index contributed by atoms with van der Waals surface area (Å²) in [5, 5.41) is 10.0. The van der Waals surface area contributed by atoms with Crippen LogP contribution in [0.1, 0.15) is 43.2 Å². The average molecular weight is 373 g/mol. The number of nitrogens with one attached hydrogen (secondary N) is 1. The van der Waals surface area contributed by atoms with Gasteiger partial charge in [0.25, 0.3) is 0 Å². The lowest BCUT2D eigenvalue weighted by atomic mass is 9.88. The maximum Gasteiger partial charge on any atom is 0.227 e. The number of nitrogens with zero attached hydrogens (tertiary/aromatic N) is 1. The number of aromatic nitrogens is 1. The van der Waals surface area contributed by atoms with Crippen molar-refractivity contribution in [3.63, 3.8) is 0 Å². The first-order valence-corrected chi connectivity index (χ1v) is 9.38. The molecule has 0 radical (unpaired) electrons. The van der Waals surface area contributed by atoms with Crippen LogP contribution in [0.15, 0.2) is 42.6 Å². The predicted octanol–water partition coefficient (Wildman–Crippen LogP) is 4.52. The summed E-state index contributed by atoms with van der Waals surface area (Å²) in [6.45, 7) is 4.16. The van der Waals surface area contributed by atoms with Gasteiger partial charge in [0, 0.05) is 31.0 Å². The number of benzene rings is 1. The van der Waals surface area contributed by atoms with Gasteiger partial charge < -0.3 is 15.2 Å². The lowest BCUT2D eigenvalue weighted by Crippen LogP contribution is -2.24. The Morgan fingerprint density at radius 3 is 2.30 bits per heavy atom. The molecule has 2 N–H and O–H groups in total. The first-order valence-electron chi connectivity index (χ1n) is 9.38. The molecule has 0 atom stereocenters. The average Bonchev–Trinajstić information content (AvgIpc) is 2.74. The topological polar surface area (TPSA) is 71.5 Å². The maximum absolute atomic E-state index is 12.1. The standard InChI is InChI=1S/C15H21NO.C6H7NO.CH4O/c1-11-8-9-14(10-12(11)2)16-15(17)13-6-4-3-5-7-13;1-8-6-4-2-3-5-7-6;1-2/h8-10,13H,3-7H2,1-2H3,(H,16,17);2-5H,1H3;2H,1H3.